The molecule has 0 amide bonds. The van der Waals surface area contributed by atoms with Crippen molar-refractivity contribution in [3.8, 4) is 11.5 Å². The Hall–Kier alpha value is -1.22. The minimum Gasteiger partial charge on any atom is -0.486 e. The van der Waals surface area contributed by atoms with Gasteiger partial charge in [0.05, 0.1) is 6.54 Å². The van der Waals surface area contributed by atoms with Crippen molar-refractivity contribution in [2.45, 2.75) is 38.8 Å². The topological polar surface area (TPSA) is 35.1 Å². The highest BCUT2D eigenvalue weighted by Gasteiger charge is 2.27. The van der Waals surface area contributed by atoms with Crippen LogP contribution in [0.2, 0.25) is 0 Å². The van der Waals surface area contributed by atoms with Gasteiger partial charge in [-0.15, -0.1) is 0 Å². The molecule has 1 heterocycles. The highest BCUT2D eigenvalue weighted by molar-refractivity contribution is 5.40. The van der Waals surface area contributed by atoms with Crippen molar-refractivity contribution >= 4 is 0 Å². The Morgan fingerprint density at radius 1 is 1.35 bits per heavy atom. The fourth-order valence-corrected chi connectivity index (χ4v) is 2.03. The number of hydrogen-bond acceptors (Lipinski definition) is 2. The molecule has 2 unspecified atom stereocenters. The summed E-state index contributed by atoms with van der Waals surface area (Å²) in [5, 5.41) is 2.35. The van der Waals surface area contributed by atoms with Gasteiger partial charge in [0.25, 0.3) is 0 Å². The molecule has 0 saturated heterocycles. The van der Waals surface area contributed by atoms with Gasteiger partial charge in [-0.2, -0.15) is 0 Å². The summed E-state index contributed by atoms with van der Waals surface area (Å²) >= 11 is 0. The van der Waals surface area contributed by atoms with Crippen LogP contribution in [0.5, 0.6) is 11.5 Å². The highest BCUT2D eigenvalue weighted by atomic mass is 16.6. The van der Waals surface area contributed by atoms with E-state index in [-0.39, 0.29) is 6.10 Å². The number of para-hydroxylation sites is 2. The molecule has 1 aliphatic rings. The summed E-state index contributed by atoms with van der Waals surface area (Å²) in [5.74, 6) is 1.74. The maximum atomic E-state index is 5.97. The van der Waals surface area contributed by atoms with Crippen LogP contribution in [0.4, 0.5) is 0 Å². The maximum Gasteiger partial charge on any atom is 0.184 e. The fourth-order valence-electron chi connectivity index (χ4n) is 2.03. The van der Waals surface area contributed by atoms with Crippen molar-refractivity contribution in [1.82, 2.24) is 0 Å². The molecule has 0 saturated carbocycles. The summed E-state index contributed by atoms with van der Waals surface area (Å²) < 4.78 is 11.7. The Balaban J connectivity index is 1.88. The van der Waals surface area contributed by atoms with Crippen molar-refractivity contribution < 1.29 is 14.8 Å². The van der Waals surface area contributed by atoms with E-state index in [1.54, 1.807) is 0 Å². The summed E-state index contributed by atoms with van der Waals surface area (Å²) in [7, 11) is 0. The number of fused-ring (bicyclic) bond motifs is 1. The Kier molecular flexibility index (Phi) is 4.26. The third kappa shape index (κ3) is 3.13. The molecule has 1 aliphatic heterocycles. The van der Waals surface area contributed by atoms with Gasteiger partial charge >= 0.3 is 0 Å². The van der Waals surface area contributed by atoms with Crippen LogP contribution >= 0.6 is 0 Å². The molecule has 94 valence electrons. The molecule has 17 heavy (non-hydrogen) atoms. The SMILES string of the molecule is CCCC[NH2+]C(C)C1COc2ccccc2O1. The van der Waals surface area contributed by atoms with Crippen LogP contribution in [0, 0.1) is 0 Å². The van der Waals surface area contributed by atoms with Gasteiger partial charge in [-0.25, -0.2) is 0 Å². The maximum absolute atomic E-state index is 5.97. The quantitative estimate of drug-likeness (QED) is 0.788. The van der Waals surface area contributed by atoms with E-state index < -0.39 is 0 Å². The lowest BCUT2D eigenvalue weighted by molar-refractivity contribution is -0.693. The second-order valence-corrected chi connectivity index (χ2v) is 4.65. The van der Waals surface area contributed by atoms with Crippen LogP contribution in [-0.2, 0) is 0 Å². The van der Waals surface area contributed by atoms with Gasteiger partial charge in [0, 0.05) is 0 Å². The molecule has 0 aliphatic carbocycles. The van der Waals surface area contributed by atoms with E-state index in [1.165, 1.54) is 19.4 Å². The van der Waals surface area contributed by atoms with Gasteiger partial charge in [-0.05, 0) is 25.5 Å². The minimum absolute atomic E-state index is 0.154. The lowest BCUT2D eigenvalue weighted by Gasteiger charge is -2.29. The first-order valence-corrected chi connectivity index (χ1v) is 6.53. The molecule has 2 rings (SSSR count). The molecule has 0 bridgehead atoms. The minimum atomic E-state index is 0.154. The molecule has 1 aromatic rings. The van der Waals surface area contributed by atoms with E-state index in [9.17, 15) is 0 Å². The normalized spacial score (nSPS) is 20.0. The molecule has 0 fully saturated rings. The number of ether oxygens (including phenoxy) is 2. The van der Waals surface area contributed by atoms with Crippen molar-refractivity contribution in [2.75, 3.05) is 13.2 Å². The zero-order valence-electron chi connectivity index (χ0n) is 10.7. The average molecular weight is 236 g/mol. The fraction of sp³-hybridized carbons (Fsp3) is 0.571. The molecule has 2 atom stereocenters. The van der Waals surface area contributed by atoms with Crippen molar-refractivity contribution in [2.24, 2.45) is 0 Å². The molecular formula is C14H22NO2+. The van der Waals surface area contributed by atoms with Crippen LogP contribution in [0.1, 0.15) is 26.7 Å². The average Bonchev–Trinajstić information content (AvgIpc) is 2.38. The zero-order chi connectivity index (χ0) is 12.1. The number of hydrogen-bond donors (Lipinski definition) is 1. The lowest BCUT2D eigenvalue weighted by atomic mass is 10.1. The van der Waals surface area contributed by atoms with E-state index in [4.69, 9.17) is 9.47 Å². The standard InChI is InChI=1S/C14H21NO2/c1-3-4-9-15-11(2)14-10-16-12-7-5-6-8-13(12)17-14/h5-8,11,14-15H,3-4,9-10H2,1-2H3/p+1. The van der Waals surface area contributed by atoms with E-state index in [0.717, 1.165) is 11.5 Å². The summed E-state index contributed by atoms with van der Waals surface area (Å²) in [6.45, 7) is 6.24. The predicted molar refractivity (Wildman–Crippen MR) is 67.5 cm³/mol. The summed E-state index contributed by atoms with van der Waals surface area (Å²) in [6.07, 6.45) is 2.66. The van der Waals surface area contributed by atoms with Crippen LogP contribution < -0.4 is 14.8 Å². The van der Waals surface area contributed by atoms with Crippen LogP contribution in [0.25, 0.3) is 0 Å². The lowest BCUT2D eigenvalue weighted by Crippen LogP contribution is -2.92. The smallest absolute Gasteiger partial charge is 0.184 e. The van der Waals surface area contributed by atoms with E-state index in [0.29, 0.717) is 12.6 Å². The molecule has 0 spiro atoms. The highest BCUT2D eigenvalue weighted by Crippen LogP contribution is 2.31. The van der Waals surface area contributed by atoms with Gasteiger partial charge in [0.2, 0.25) is 0 Å². The molecule has 0 aromatic heterocycles. The Morgan fingerprint density at radius 3 is 2.88 bits per heavy atom. The van der Waals surface area contributed by atoms with Crippen LogP contribution in [0.3, 0.4) is 0 Å². The number of rotatable bonds is 5. The first-order valence-electron chi connectivity index (χ1n) is 6.53. The van der Waals surface area contributed by atoms with Crippen LogP contribution in [-0.4, -0.2) is 25.3 Å². The molecule has 3 heteroatoms. The van der Waals surface area contributed by atoms with Crippen molar-refractivity contribution in [1.29, 1.82) is 0 Å². The van der Waals surface area contributed by atoms with E-state index in [1.807, 2.05) is 24.3 Å². The Labute approximate surface area is 103 Å². The second kappa shape index (κ2) is 5.92. The number of nitrogens with two attached hydrogens (primary N) is 1. The van der Waals surface area contributed by atoms with Gasteiger partial charge in [-0.3, -0.25) is 0 Å². The summed E-state index contributed by atoms with van der Waals surface area (Å²) in [5.41, 5.74) is 0. The Morgan fingerprint density at radius 2 is 2.12 bits per heavy atom. The number of unbranched alkanes of at least 4 members (excludes halogenated alkanes) is 1. The third-order valence-corrected chi connectivity index (χ3v) is 3.21. The monoisotopic (exact) mass is 236 g/mol. The Bertz CT molecular complexity index is 354. The van der Waals surface area contributed by atoms with Crippen molar-refractivity contribution in [3.05, 3.63) is 24.3 Å². The summed E-state index contributed by atoms with van der Waals surface area (Å²) in [4.78, 5) is 0. The van der Waals surface area contributed by atoms with Gasteiger partial charge < -0.3 is 14.8 Å². The van der Waals surface area contributed by atoms with E-state index >= 15 is 0 Å². The molecule has 2 N–H and O–H groups in total. The molecule has 1 aromatic carbocycles. The number of benzene rings is 1. The number of quaternary nitrogens is 1. The second-order valence-electron chi connectivity index (χ2n) is 4.65. The zero-order valence-corrected chi connectivity index (χ0v) is 10.7. The third-order valence-electron chi connectivity index (χ3n) is 3.21. The largest absolute Gasteiger partial charge is 0.486 e. The van der Waals surface area contributed by atoms with Gasteiger partial charge in [0.1, 0.15) is 12.6 Å². The van der Waals surface area contributed by atoms with E-state index in [2.05, 4.69) is 19.2 Å². The van der Waals surface area contributed by atoms with Gasteiger partial charge in [0.15, 0.2) is 17.6 Å². The summed E-state index contributed by atoms with van der Waals surface area (Å²) in [6, 6.07) is 8.32. The molecule has 0 radical (unpaired) electrons. The first-order chi connectivity index (χ1) is 8.31. The van der Waals surface area contributed by atoms with Crippen LogP contribution in [0.15, 0.2) is 24.3 Å². The van der Waals surface area contributed by atoms with Crippen molar-refractivity contribution in [3.63, 3.8) is 0 Å². The molecular weight excluding hydrogens is 214 g/mol. The molecule has 3 nitrogen and oxygen atoms in total. The predicted octanol–water partition coefficient (Wildman–Crippen LogP) is 1.58. The first kappa shape index (κ1) is 12.2. The van der Waals surface area contributed by atoms with Gasteiger partial charge in [-0.1, -0.05) is 25.5 Å².